The Balaban J connectivity index is 0.00000450. The fourth-order valence-electron chi connectivity index (χ4n) is 2.74. The fourth-order valence-corrected chi connectivity index (χ4v) is 3.75. The number of halogens is 1. The van der Waals surface area contributed by atoms with Gasteiger partial charge in [-0.15, -0.1) is 35.3 Å². The van der Waals surface area contributed by atoms with Gasteiger partial charge in [-0.05, 0) is 31.0 Å². The summed E-state index contributed by atoms with van der Waals surface area (Å²) in [5.41, 5.74) is 2.43. The fraction of sp³-hybridized carbons (Fsp3) is 0.545. The molecule has 0 amide bonds. The minimum absolute atomic E-state index is 0. The van der Waals surface area contributed by atoms with Crippen molar-refractivity contribution in [2.45, 2.75) is 46.0 Å². The molecule has 2 N–H and O–H groups in total. The zero-order chi connectivity index (χ0) is 21.3. The largest absolute Gasteiger partial charge is 0.493 e. The summed E-state index contributed by atoms with van der Waals surface area (Å²) in [7, 11) is 3.30. The zero-order valence-corrected chi connectivity index (χ0v) is 22.0. The Morgan fingerprint density at radius 2 is 1.83 bits per heavy atom. The minimum Gasteiger partial charge on any atom is -0.493 e. The molecular formula is C22H35IN4O2S. The van der Waals surface area contributed by atoms with Crippen LogP contribution in [0.15, 0.2) is 28.6 Å². The van der Waals surface area contributed by atoms with E-state index in [-0.39, 0.29) is 29.4 Å². The first-order chi connectivity index (χ1) is 13.9. The van der Waals surface area contributed by atoms with E-state index in [0.717, 1.165) is 54.1 Å². The van der Waals surface area contributed by atoms with Gasteiger partial charge in [-0.25, -0.2) is 4.98 Å². The Kier molecular flexibility index (Phi) is 11.5. The molecule has 0 unspecified atom stereocenters. The van der Waals surface area contributed by atoms with Crippen molar-refractivity contribution >= 4 is 41.3 Å². The van der Waals surface area contributed by atoms with Gasteiger partial charge in [-0.3, -0.25) is 4.99 Å². The molecule has 0 aliphatic heterocycles. The second-order valence-electron chi connectivity index (χ2n) is 7.75. The molecule has 0 fully saturated rings. The van der Waals surface area contributed by atoms with Crippen LogP contribution < -0.4 is 20.1 Å². The Morgan fingerprint density at radius 1 is 1.10 bits per heavy atom. The quantitative estimate of drug-likeness (QED) is 0.277. The summed E-state index contributed by atoms with van der Waals surface area (Å²) in [4.78, 5) is 9.43. The van der Waals surface area contributed by atoms with Crippen molar-refractivity contribution < 1.29 is 9.47 Å². The van der Waals surface area contributed by atoms with Gasteiger partial charge in [0, 0.05) is 36.9 Å². The highest BCUT2D eigenvalue weighted by Crippen LogP contribution is 2.27. The third kappa shape index (κ3) is 8.29. The van der Waals surface area contributed by atoms with Crippen LogP contribution in [0.3, 0.4) is 0 Å². The van der Waals surface area contributed by atoms with Crippen molar-refractivity contribution in [1.29, 1.82) is 0 Å². The molecule has 0 saturated carbocycles. The van der Waals surface area contributed by atoms with Gasteiger partial charge >= 0.3 is 0 Å². The lowest BCUT2D eigenvalue weighted by Crippen LogP contribution is -2.38. The van der Waals surface area contributed by atoms with Gasteiger partial charge in [-0.1, -0.05) is 26.8 Å². The van der Waals surface area contributed by atoms with Crippen molar-refractivity contribution in [2.24, 2.45) is 4.99 Å². The SMILES string of the molecule is CCNC(=NCCc1nc(C(C)(C)C)cs1)NCCc1ccc(OC)c(OC)c1.I. The lowest BCUT2D eigenvalue weighted by atomic mass is 9.93. The molecule has 2 aromatic rings. The zero-order valence-electron chi connectivity index (χ0n) is 18.9. The summed E-state index contributed by atoms with van der Waals surface area (Å²) in [5, 5.41) is 10.0. The molecule has 1 aromatic carbocycles. The van der Waals surface area contributed by atoms with E-state index in [2.05, 4.69) is 54.8 Å². The molecule has 0 bridgehead atoms. The standard InChI is InChI=1S/C22H34N4O2S.HI/c1-7-23-21(25-13-11-20-26-19(15-29-20)22(2,3)4)24-12-10-16-8-9-17(27-5)18(14-16)28-6;/h8-9,14-15H,7,10-13H2,1-6H3,(H2,23,24,25);1H. The number of nitrogens with zero attached hydrogens (tertiary/aromatic N) is 2. The van der Waals surface area contributed by atoms with Crippen molar-refractivity contribution in [3.05, 3.63) is 39.8 Å². The summed E-state index contributed by atoms with van der Waals surface area (Å²) in [6.07, 6.45) is 1.72. The highest BCUT2D eigenvalue weighted by atomic mass is 127. The predicted octanol–water partition coefficient (Wildman–Crippen LogP) is 4.42. The molecule has 1 aromatic heterocycles. The van der Waals surface area contributed by atoms with Crippen LogP contribution in [0, 0.1) is 0 Å². The van der Waals surface area contributed by atoms with Crippen molar-refractivity contribution in [3.63, 3.8) is 0 Å². The highest BCUT2D eigenvalue weighted by molar-refractivity contribution is 14.0. The van der Waals surface area contributed by atoms with Gasteiger partial charge in [0.1, 0.15) is 0 Å². The lowest BCUT2D eigenvalue weighted by molar-refractivity contribution is 0.354. The third-order valence-electron chi connectivity index (χ3n) is 4.41. The molecule has 2 rings (SSSR count). The first kappa shape index (κ1) is 26.5. The van der Waals surface area contributed by atoms with Gasteiger partial charge < -0.3 is 20.1 Å². The van der Waals surface area contributed by atoms with E-state index in [1.54, 1.807) is 25.6 Å². The molecule has 0 radical (unpaired) electrons. The average Bonchev–Trinajstić information content (AvgIpc) is 3.17. The number of hydrogen-bond donors (Lipinski definition) is 2. The molecule has 168 valence electrons. The molecule has 1 heterocycles. The normalized spacial score (nSPS) is 11.6. The molecular weight excluding hydrogens is 511 g/mol. The summed E-state index contributed by atoms with van der Waals surface area (Å²) < 4.78 is 10.7. The van der Waals surface area contributed by atoms with E-state index in [9.17, 15) is 0 Å². The number of nitrogens with one attached hydrogen (secondary N) is 2. The van der Waals surface area contributed by atoms with Gasteiger partial charge in [0.05, 0.1) is 24.9 Å². The summed E-state index contributed by atoms with van der Waals surface area (Å²) in [5.74, 6) is 2.33. The maximum atomic E-state index is 5.37. The molecule has 0 aliphatic rings. The minimum atomic E-state index is 0. The van der Waals surface area contributed by atoms with Gasteiger partial charge in [0.2, 0.25) is 0 Å². The Labute approximate surface area is 201 Å². The number of aliphatic imine (C=N–C) groups is 1. The average molecular weight is 547 g/mol. The number of thiazole rings is 1. The van der Waals surface area contributed by atoms with Crippen LogP contribution in [0.2, 0.25) is 0 Å². The van der Waals surface area contributed by atoms with Crippen molar-refractivity contribution in [2.75, 3.05) is 33.9 Å². The van der Waals surface area contributed by atoms with E-state index >= 15 is 0 Å². The van der Waals surface area contributed by atoms with Crippen molar-refractivity contribution in [1.82, 2.24) is 15.6 Å². The topological polar surface area (TPSA) is 67.8 Å². The molecule has 30 heavy (non-hydrogen) atoms. The third-order valence-corrected chi connectivity index (χ3v) is 5.32. The van der Waals surface area contributed by atoms with Crippen LogP contribution in [0.1, 0.15) is 44.0 Å². The smallest absolute Gasteiger partial charge is 0.191 e. The second-order valence-corrected chi connectivity index (χ2v) is 8.70. The van der Waals surface area contributed by atoms with Crippen LogP contribution in [0.25, 0.3) is 0 Å². The van der Waals surface area contributed by atoms with E-state index in [1.165, 1.54) is 5.56 Å². The van der Waals surface area contributed by atoms with Crippen LogP contribution in [-0.2, 0) is 18.3 Å². The van der Waals surface area contributed by atoms with Crippen LogP contribution >= 0.6 is 35.3 Å². The molecule has 8 heteroatoms. The number of rotatable bonds is 9. The number of methoxy groups -OCH3 is 2. The summed E-state index contributed by atoms with van der Waals surface area (Å²) >= 11 is 1.72. The van der Waals surface area contributed by atoms with Gasteiger partial charge in [0.15, 0.2) is 17.5 Å². The molecule has 0 aliphatic carbocycles. The first-order valence-electron chi connectivity index (χ1n) is 10.0. The first-order valence-corrected chi connectivity index (χ1v) is 10.9. The molecule has 6 nitrogen and oxygen atoms in total. The number of benzene rings is 1. The van der Waals surface area contributed by atoms with E-state index < -0.39 is 0 Å². The maximum absolute atomic E-state index is 5.37. The lowest BCUT2D eigenvalue weighted by Gasteiger charge is -2.14. The molecule has 0 spiro atoms. The Bertz CT molecular complexity index is 803. The summed E-state index contributed by atoms with van der Waals surface area (Å²) in [6, 6.07) is 6.01. The second kappa shape index (κ2) is 13.0. The number of aromatic nitrogens is 1. The number of hydrogen-bond acceptors (Lipinski definition) is 5. The van der Waals surface area contributed by atoms with Crippen molar-refractivity contribution in [3.8, 4) is 11.5 Å². The van der Waals surface area contributed by atoms with Gasteiger partial charge in [0.25, 0.3) is 0 Å². The van der Waals surface area contributed by atoms with Crippen LogP contribution in [-0.4, -0.2) is 44.8 Å². The monoisotopic (exact) mass is 546 g/mol. The Hall–Kier alpha value is -1.55. The van der Waals surface area contributed by atoms with E-state index in [1.807, 2.05) is 12.1 Å². The summed E-state index contributed by atoms with van der Waals surface area (Å²) in [6.45, 7) is 11.0. The Morgan fingerprint density at radius 3 is 2.43 bits per heavy atom. The van der Waals surface area contributed by atoms with E-state index in [0.29, 0.717) is 6.54 Å². The molecule has 0 atom stereocenters. The van der Waals surface area contributed by atoms with E-state index in [4.69, 9.17) is 14.5 Å². The van der Waals surface area contributed by atoms with Gasteiger partial charge in [-0.2, -0.15) is 0 Å². The number of ether oxygens (including phenoxy) is 2. The highest BCUT2D eigenvalue weighted by Gasteiger charge is 2.17. The molecule has 0 saturated heterocycles. The van der Waals surface area contributed by atoms with Crippen LogP contribution in [0.4, 0.5) is 0 Å². The van der Waals surface area contributed by atoms with Crippen LogP contribution in [0.5, 0.6) is 11.5 Å². The predicted molar refractivity (Wildman–Crippen MR) is 137 cm³/mol. The number of guanidine groups is 1. The maximum Gasteiger partial charge on any atom is 0.191 e.